The number of nitrogens with one attached hydrogen (secondary N) is 1. The zero-order valence-corrected chi connectivity index (χ0v) is 11.9. The number of likely N-dealkylation sites (tertiary alicyclic amines) is 1. The number of rotatable bonds is 4. The van der Waals surface area contributed by atoms with Gasteiger partial charge in [-0.1, -0.05) is 6.92 Å². The molecule has 17 heavy (non-hydrogen) atoms. The molecule has 0 unspecified atom stereocenters. The van der Waals surface area contributed by atoms with Crippen molar-refractivity contribution in [2.24, 2.45) is 5.41 Å². The molecule has 5 heteroatoms. The summed E-state index contributed by atoms with van der Waals surface area (Å²) in [6.07, 6.45) is 2.94. The van der Waals surface area contributed by atoms with E-state index in [1.165, 1.54) is 6.42 Å². The fraction of sp³-hybridized carbons (Fsp3) is 0.917. The van der Waals surface area contributed by atoms with Crippen molar-refractivity contribution in [3.05, 3.63) is 0 Å². The Morgan fingerprint density at radius 3 is 2.71 bits per heavy atom. The summed E-state index contributed by atoms with van der Waals surface area (Å²) in [6, 6.07) is 0.478. The van der Waals surface area contributed by atoms with Crippen LogP contribution < -0.4 is 5.32 Å². The first-order chi connectivity index (χ1) is 7.90. The van der Waals surface area contributed by atoms with Gasteiger partial charge in [-0.05, 0) is 39.3 Å². The summed E-state index contributed by atoms with van der Waals surface area (Å²) < 4.78 is -0.864. The lowest BCUT2D eigenvalue weighted by Crippen LogP contribution is -2.43. The molecule has 1 saturated carbocycles. The monoisotopic (exact) mass is 278 g/mol. The molecule has 2 fully saturated rings. The van der Waals surface area contributed by atoms with Gasteiger partial charge in [0, 0.05) is 12.6 Å². The van der Waals surface area contributed by atoms with Crippen molar-refractivity contribution in [1.29, 1.82) is 0 Å². The van der Waals surface area contributed by atoms with E-state index in [2.05, 4.69) is 17.1 Å². The molecule has 0 spiro atoms. The Morgan fingerprint density at radius 2 is 2.18 bits per heavy atom. The van der Waals surface area contributed by atoms with Crippen molar-refractivity contribution in [1.82, 2.24) is 10.2 Å². The molecular formula is C12H20Cl2N2O. The van der Waals surface area contributed by atoms with Gasteiger partial charge in [-0.3, -0.25) is 9.69 Å². The highest BCUT2D eigenvalue weighted by Crippen LogP contribution is 2.63. The third-order valence-electron chi connectivity index (χ3n) is 4.16. The Bertz CT molecular complexity index is 322. The maximum absolute atomic E-state index is 12.0. The Hall–Kier alpha value is 0.01000. The van der Waals surface area contributed by atoms with Crippen LogP contribution in [-0.4, -0.2) is 40.8 Å². The second-order valence-corrected chi connectivity index (χ2v) is 6.83. The van der Waals surface area contributed by atoms with Gasteiger partial charge in [-0.2, -0.15) is 0 Å². The van der Waals surface area contributed by atoms with Crippen LogP contribution in [0.25, 0.3) is 0 Å². The molecule has 1 aliphatic heterocycles. The summed E-state index contributed by atoms with van der Waals surface area (Å²) in [4.78, 5) is 14.4. The van der Waals surface area contributed by atoms with E-state index in [1.807, 2.05) is 6.92 Å². The quantitative estimate of drug-likeness (QED) is 0.800. The molecule has 2 atom stereocenters. The van der Waals surface area contributed by atoms with Gasteiger partial charge in [0.1, 0.15) is 4.33 Å². The molecule has 0 radical (unpaired) electrons. The van der Waals surface area contributed by atoms with Gasteiger partial charge >= 0.3 is 0 Å². The lowest BCUT2D eigenvalue weighted by atomic mass is 10.1. The molecule has 2 aliphatic rings. The van der Waals surface area contributed by atoms with Crippen molar-refractivity contribution in [3.63, 3.8) is 0 Å². The molecule has 0 aromatic heterocycles. The minimum atomic E-state index is -0.864. The number of alkyl halides is 2. The predicted molar refractivity (Wildman–Crippen MR) is 70.4 cm³/mol. The van der Waals surface area contributed by atoms with E-state index in [0.717, 1.165) is 19.5 Å². The number of carbonyl (C=O) groups is 1. The summed E-state index contributed by atoms with van der Waals surface area (Å²) >= 11 is 12.0. The predicted octanol–water partition coefficient (Wildman–Crippen LogP) is 2.17. The molecule has 98 valence electrons. The second kappa shape index (κ2) is 4.60. The highest BCUT2D eigenvalue weighted by molar-refractivity contribution is 6.53. The van der Waals surface area contributed by atoms with Crippen molar-refractivity contribution in [2.45, 2.75) is 43.5 Å². The zero-order chi connectivity index (χ0) is 12.7. The van der Waals surface area contributed by atoms with Crippen LogP contribution >= 0.6 is 23.2 Å². The van der Waals surface area contributed by atoms with E-state index >= 15 is 0 Å². The maximum atomic E-state index is 12.0. The van der Waals surface area contributed by atoms with Crippen molar-refractivity contribution >= 4 is 29.1 Å². The number of amides is 1. The molecule has 0 aromatic carbocycles. The highest BCUT2D eigenvalue weighted by atomic mass is 35.5. The highest BCUT2D eigenvalue weighted by Gasteiger charge is 2.67. The Balaban J connectivity index is 1.81. The van der Waals surface area contributed by atoms with Gasteiger partial charge in [0.05, 0.1) is 5.41 Å². The minimum Gasteiger partial charge on any atom is -0.354 e. The smallest absolute Gasteiger partial charge is 0.229 e. The van der Waals surface area contributed by atoms with Gasteiger partial charge in [0.25, 0.3) is 0 Å². The van der Waals surface area contributed by atoms with Crippen molar-refractivity contribution < 1.29 is 4.79 Å². The number of nitrogens with zero attached hydrogens (tertiary/aromatic N) is 1. The lowest BCUT2D eigenvalue weighted by molar-refractivity contribution is -0.126. The van der Waals surface area contributed by atoms with Crippen LogP contribution in [0.15, 0.2) is 0 Å². The first kappa shape index (κ1) is 13.4. The number of halogens is 2. The Kier molecular flexibility index (Phi) is 3.64. The first-order valence-electron chi connectivity index (χ1n) is 6.31. The molecule has 3 nitrogen and oxygen atoms in total. The molecule has 1 heterocycles. The van der Waals surface area contributed by atoms with E-state index in [1.54, 1.807) is 0 Å². The van der Waals surface area contributed by atoms with E-state index in [0.29, 0.717) is 19.0 Å². The van der Waals surface area contributed by atoms with Crippen molar-refractivity contribution in [3.8, 4) is 0 Å². The zero-order valence-electron chi connectivity index (χ0n) is 10.4. The van der Waals surface area contributed by atoms with E-state index in [-0.39, 0.29) is 5.91 Å². The number of likely N-dealkylation sites (N-methyl/N-ethyl adjacent to an activating group) is 1. The largest absolute Gasteiger partial charge is 0.354 e. The minimum absolute atomic E-state index is 0.00884. The molecule has 0 bridgehead atoms. The van der Waals surface area contributed by atoms with Crippen LogP contribution in [0, 0.1) is 5.41 Å². The van der Waals surface area contributed by atoms with Crippen LogP contribution in [0.3, 0.4) is 0 Å². The maximum Gasteiger partial charge on any atom is 0.229 e. The van der Waals surface area contributed by atoms with E-state index in [4.69, 9.17) is 23.2 Å². The molecule has 1 saturated heterocycles. The van der Waals surface area contributed by atoms with Crippen LogP contribution in [-0.2, 0) is 4.79 Å². The third-order valence-corrected chi connectivity index (χ3v) is 5.26. The fourth-order valence-electron chi connectivity index (χ4n) is 2.59. The Labute approximate surface area is 113 Å². The molecule has 2 rings (SSSR count). The van der Waals surface area contributed by atoms with Gasteiger partial charge in [-0.15, -0.1) is 23.2 Å². The van der Waals surface area contributed by atoms with Crippen LogP contribution in [0.4, 0.5) is 0 Å². The SMILES string of the molecule is CCN1CCC[C@H]1CNC(=O)[C@@]1(C)CC1(Cl)Cl. The van der Waals surface area contributed by atoms with E-state index < -0.39 is 9.75 Å². The normalized spacial score (nSPS) is 35.9. The summed E-state index contributed by atoms with van der Waals surface area (Å²) in [6.45, 7) is 6.89. The van der Waals surface area contributed by atoms with Crippen molar-refractivity contribution in [2.75, 3.05) is 19.6 Å². The van der Waals surface area contributed by atoms with Gasteiger partial charge in [0.15, 0.2) is 0 Å². The topological polar surface area (TPSA) is 32.3 Å². The molecule has 1 aliphatic carbocycles. The average Bonchev–Trinajstić information content (AvgIpc) is 2.67. The molecule has 1 amide bonds. The Morgan fingerprint density at radius 1 is 1.53 bits per heavy atom. The van der Waals surface area contributed by atoms with Gasteiger partial charge in [0.2, 0.25) is 5.91 Å². The second-order valence-electron chi connectivity index (χ2n) is 5.35. The summed E-state index contributed by atoms with van der Waals surface area (Å²) in [5.41, 5.74) is -0.592. The average molecular weight is 279 g/mol. The number of carbonyl (C=O) groups excluding carboxylic acids is 1. The summed E-state index contributed by atoms with van der Waals surface area (Å²) in [5, 5.41) is 3.00. The summed E-state index contributed by atoms with van der Waals surface area (Å²) in [5.74, 6) is -0.00884. The van der Waals surface area contributed by atoms with Crippen LogP contribution in [0.1, 0.15) is 33.1 Å². The van der Waals surface area contributed by atoms with Crippen LogP contribution in [0.2, 0.25) is 0 Å². The molecule has 0 aromatic rings. The van der Waals surface area contributed by atoms with E-state index in [9.17, 15) is 4.79 Å². The third kappa shape index (κ3) is 2.42. The fourth-order valence-corrected chi connectivity index (χ4v) is 3.30. The lowest BCUT2D eigenvalue weighted by Gasteiger charge is -2.24. The number of hydrogen-bond acceptors (Lipinski definition) is 2. The number of hydrogen-bond donors (Lipinski definition) is 1. The standard InChI is InChI=1S/C12H20Cl2N2O/c1-3-16-6-4-5-9(16)7-15-10(17)11(2)8-12(11,13)14/h9H,3-8H2,1-2H3,(H,15,17)/t9-,11+/m0/s1. The first-order valence-corrected chi connectivity index (χ1v) is 7.06. The van der Waals surface area contributed by atoms with Crippen LogP contribution in [0.5, 0.6) is 0 Å². The molecule has 1 N–H and O–H groups in total. The molecular weight excluding hydrogens is 259 g/mol. The van der Waals surface area contributed by atoms with Gasteiger partial charge in [-0.25, -0.2) is 0 Å². The van der Waals surface area contributed by atoms with Gasteiger partial charge < -0.3 is 5.32 Å². The summed E-state index contributed by atoms with van der Waals surface area (Å²) in [7, 11) is 0.